The molecule has 22 heavy (non-hydrogen) atoms. The molecule has 1 unspecified atom stereocenters. The van der Waals surface area contributed by atoms with E-state index in [4.69, 9.17) is 4.74 Å². The second-order valence-electron chi connectivity index (χ2n) is 6.25. The van der Waals surface area contributed by atoms with Crippen molar-refractivity contribution in [2.75, 3.05) is 20.2 Å². The fraction of sp³-hybridized carbons (Fsp3) is 0.600. The van der Waals surface area contributed by atoms with Crippen LogP contribution >= 0.6 is 0 Å². The first-order valence-electron chi connectivity index (χ1n) is 7.33. The van der Waals surface area contributed by atoms with E-state index in [2.05, 4.69) is 23.9 Å². The van der Waals surface area contributed by atoms with Crippen LogP contribution in [0.1, 0.15) is 26.7 Å². The van der Waals surface area contributed by atoms with E-state index in [1.54, 1.807) is 0 Å². The molecule has 2 rings (SSSR count). The summed E-state index contributed by atoms with van der Waals surface area (Å²) < 4.78 is 45.6. The Kier molecular flexibility index (Phi) is 5.09. The maximum absolute atomic E-state index is 13.7. The molecule has 0 saturated carbocycles. The van der Waals surface area contributed by atoms with Crippen molar-refractivity contribution in [2.24, 2.45) is 5.41 Å². The van der Waals surface area contributed by atoms with E-state index in [1.165, 1.54) is 19.2 Å². The number of sulfonamides is 1. The number of nitrogens with one attached hydrogen (secondary N) is 2. The van der Waals surface area contributed by atoms with Gasteiger partial charge in [-0.05, 0) is 43.0 Å². The molecule has 0 amide bonds. The Morgan fingerprint density at radius 1 is 1.45 bits per heavy atom. The second kappa shape index (κ2) is 6.52. The van der Waals surface area contributed by atoms with Gasteiger partial charge >= 0.3 is 0 Å². The van der Waals surface area contributed by atoms with Crippen molar-refractivity contribution in [1.82, 2.24) is 10.0 Å². The molecule has 1 aromatic rings. The third-order valence-corrected chi connectivity index (χ3v) is 5.66. The number of benzene rings is 1. The van der Waals surface area contributed by atoms with E-state index in [9.17, 15) is 12.8 Å². The summed E-state index contributed by atoms with van der Waals surface area (Å²) in [6.45, 7) is 5.40. The number of methoxy groups -OCH3 is 1. The highest BCUT2D eigenvalue weighted by Crippen LogP contribution is 2.30. The van der Waals surface area contributed by atoms with Gasteiger partial charge in [-0.3, -0.25) is 0 Å². The maximum Gasteiger partial charge on any atom is 0.240 e. The van der Waals surface area contributed by atoms with Gasteiger partial charge < -0.3 is 10.1 Å². The fourth-order valence-electron chi connectivity index (χ4n) is 2.71. The normalized spacial score (nSPS) is 21.5. The standard InChI is InChI=1S/C15H23FN2O3S/c1-15(2)7-4-8-17-14(15)10-18-22(19,20)11-5-6-13(21-3)12(16)9-11/h5-6,9,14,17-18H,4,7-8,10H2,1-3H3. The van der Waals surface area contributed by atoms with Gasteiger partial charge in [-0.2, -0.15) is 0 Å². The highest BCUT2D eigenvalue weighted by Gasteiger charge is 2.32. The number of hydrogen-bond acceptors (Lipinski definition) is 4. The second-order valence-corrected chi connectivity index (χ2v) is 8.01. The van der Waals surface area contributed by atoms with Gasteiger partial charge in [0, 0.05) is 12.6 Å². The zero-order valence-electron chi connectivity index (χ0n) is 13.1. The molecule has 1 fully saturated rings. The van der Waals surface area contributed by atoms with E-state index in [0.29, 0.717) is 0 Å². The summed E-state index contributed by atoms with van der Waals surface area (Å²) in [7, 11) is -2.41. The Labute approximate surface area is 131 Å². The smallest absolute Gasteiger partial charge is 0.240 e. The molecule has 7 heteroatoms. The van der Waals surface area contributed by atoms with Gasteiger partial charge in [-0.1, -0.05) is 13.8 Å². The number of piperidine rings is 1. The van der Waals surface area contributed by atoms with Gasteiger partial charge in [0.05, 0.1) is 12.0 Å². The molecule has 0 aliphatic carbocycles. The summed E-state index contributed by atoms with van der Waals surface area (Å²) >= 11 is 0. The van der Waals surface area contributed by atoms with Crippen molar-refractivity contribution < 1.29 is 17.5 Å². The number of ether oxygens (including phenoxy) is 1. The van der Waals surface area contributed by atoms with Gasteiger partial charge in [0.25, 0.3) is 0 Å². The van der Waals surface area contributed by atoms with Crippen molar-refractivity contribution in [3.8, 4) is 5.75 Å². The highest BCUT2D eigenvalue weighted by atomic mass is 32.2. The van der Waals surface area contributed by atoms with E-state index < -0.39 is 15.8 Å². The molecule has 1 atom stereocenters. The number of rotatable bonds is 5. The van der Waals surface area contributed by atoms with Crippen LogP contribution in [0.4, 0.5) is 4.39 Å². The predicted molar refractivity (Wildman–Crippen MR) is 82.9 cm³/mol. The first-order valence-corrected chi connectivity index (χ1v) is 8.81. The van der Waals surface area contributed by atoms with Gasteiger partial charge in [0.2, 0.25) is 10.0 Å². The zero-order valence-corrected chi connectivity index (χ0v) is 14.0. The summed E-state index contributed by atoms with van der Waals surface area (Å²) in [5.41, 5.74) is 0.0198. The zero-order chi connectivity index (χ0) is 16.4. The molecule has 1 aliphatic heterocycles. The number of halogens is 1. The molecule has 5 nitrogen and oxygen atoms in total. The van der Waals surface area contributed by atoms with Crippen LogP contribution in [0.2, 0.25) is 0 Å². The molecular weight excluding hydrogens is 307 g/mol. The highest BCUT2D eigenvalue weighted by molar-refractivity contribution is 7.89. The van der Waals surface area contributed by atoms with Crippen LogP contribution in [0.5, 0.6) is 5.75 Å². The third kappa shape index (κ3) is 3.77. The average Bonchev–Trinajstić information content (AvgIpc) is 2.45. The fourth-order valence-corrected chi connectivity index (χ4v) is 3.77. The van der Waals surface area contributed by atoms with Crippen LogP contribution in [0.3, 0.4) is 0 Å². The average molecular weight is 330 g/mol. The van der Waals surface area contributed by atoms with Crippen molar-refractivity contribution in [2.45, 2.75) is 37.6 Å². The van der Waals surface area contributed by atoms with Crippen molar-refractivity contribution >= 4 is 10.0 Å². The largest absolute Gasteiger partial charge is 0.494 e. The molecule has 0 aromatic heterocycles. The molecule has 1 heterocycles. The lowest BCUT2D eigenvalue weighted by Crippen LogP contribution is -2.52. The summed E-state index contributed by atoms with van der Waals surface area (Å²) in [6.07, 6.45) is 2.13. The van der Waals surface area contributed by atoms with Crippen LogP contribution < -0.4 is 14.8 Å². The Balaban J connectivity index is 2.09. The number of hydrogen-bond donors (Lipinski definition) is 2. The van der Waals surface area contributed by atoms with Crippen molar-refractivity contribution in [1.29, 1.82) is 0 Å². The van der Waals surface area contributed by atoms with Gasteiger partial charge in [-0.15, -0.1) is 0 Å². The molecule has 124 valence electrons. The lowest BCUT2D eigenvalue weighted by atomic mass is 9.78. The molecule has 1 aliphatic rings. The van der Waals surface area contributed by atoms with Crippen LogP contribution in [-0.4, -0.2) is 34.7 Å². The molecule has 0 spiro atoms. The quantitative estimate of drug-likeness (QED) is 0.865. The minimum Gasteiger partial charge on any atom is -0.494 e. The van der Waals surface area contributed by atoms with E-state index >= 15 is 0 Å². The Morgan fingerprint density at radius 3 is 2.77 bits per heavy atom. The lowest BCUT2D eigenvalue weighted by molar-refractivity contribution is 0.181. The molecule has 1 saturated heterocycles. The minimum absolute atomic E-state index is 0.0198. The molecule has 0 bridgehead atoms. The summed E-state index contributed by atoms with van der Waals surface area (Å²) in [6, 6.07) is 3.68. The maximum atomic E-state index is 13.7. The van der Waals surface area contributed by atoms with E-state index in [-0.39, 0.29) is 28.6 Å². The van der Waals surface area contributed by atoms with Crippen LogP contribution in [0.25, 0.3) is 0 Å². The summed E-state index contributed by atoms with van der Waals surface area (Å²) in [5.74, 6) is -0.671. The van der Waals surface area contributed by atoms with Crippen LogP contribution in [0.15, 0.2) is 23.1 Å². The summed E-state index contributed by atoms with van der Waals surface area (Å²) in [4.78, 5) is -0.0978. The van der Waals surface area contributed by atoms with Crippen molar-refractivity contribution in [3.05, 3.63) is 24.0 Å². The van der Waals surface area contributed by atoms with Gasteiger partial charge in [-0.25, -0.2) is 17.5 Å². The van der Waals surface area contributed by atoms with Crippen LogP contribution in [0, 0.1) is 11.2 Å². The van der Waals surface area contributed by atoms with Gasteiger partial charge in [0.1, 0.15) is 0 Å². The topological polar surface area (TPSA) is 67.4 Å². The first-order chi connectivity index (χ1) is 10.3. The third-order valence-electron chi connectivity index (χ3n) is 4.24. The van der Waals surface area contributed by atoms with Crippen molar-refractivity contribution in [3.63, 3.8) is 0 Å². The predicted octanol–water partition coefficient (Wildman–Crippen LogP) is 1.89. The van der Waals surface area contributed by atoms with Gasteiger partial charge in [0.15, 0.2) is 11.6 Å². The molecule has 2 N–H and O–H groups in total. The molecular formula is C15H23FN2O3S. The SMILES string of the molecule is COc1ccc(S(=O)(=O)NCC2NCCCC2(C)C)cc1F. The van der Waals surface area contributed by atoms with E-state index in [0.717, 1.165) is 25.5 Å². The lowest BCUT2D eigenvalue weighted by Gasteiger charge is -2.39. The minimum atomic E-state index is -3.74. The monoisotopic (exact) mass is 330 g/mol. The Hall–Kier alpha value is -1.18. The molecule has 1 aromatic carbocycles. The molecule has 0 radical (unpaired) electrons. The summed E-state index contributed by atoms with van der Waals surface area (Å²) in [5, 5.41) is 3.34. The first kappa shape index (κ1) is 17.2. The Bertz CT molecular complexity index is 632. The van der Waals surface area contributed by atoms with E-state index in [1.807, 2.05) is 0 Å². The van der Waals surface area contributed by atoms with Crippen LogP contribution in [-0.2, 0) is 10.0 Å². The Morgan fingerprint density at radius 2 is 2.18 bits per heavy atom.